The summed E-state index contributed by atoms with van der Waals surface area (Å²) in [6, 6.07) is 3.94. The molecule has 1 aromatic heterocycles. The van der Waals surface area contributed by atoms with Gasteiger partial charge in [-0.1, -0.05) is 0 Å². The summed E-state index contributed by atoms with van der Waals surface area (Å²) in [7, 11) is 0. The summed E-state index contributed by atoms with van der Waals surface area (Å²) in [4.78, 5) is 17.4. The highest BCUT2D eigenvalue weighted by atomic mass is 16.2. The average Bonchev–Trinajstić information content (AvgIpc) is 2.69. The first-order valence-electron chi connectivity index (χ1n) is 5.42. The smallest absolute Gasteiger partial charge is 0.223 e. The van der Waals surface area contributed by atoms with Crippen LogP contribution in [0.3, 0.4) is 0 Å². The van der Waals surface area contributed by atoms with E-state index in [9.17, 15) is 4.79 Å². The third-order valence-electron chi connectivity index (χ3n) is 2.87. The van der Waals surface area contributed by atoms with Crippen molar-refractivity contribution >= 4 is 5.91 Å². The topological polar surface area (TPSA) is 33.2 Å². The van der Waals surface area contributed by atoms with Gasteiger partial charge in [0.25, 0.3) is 0 Å². The second-order valence-corrected chi connectivity index (χ2v) is 4.01. The molecular formula is C13H14N2O. The van der Waals surface area contributed by atoms with Gasteiger partial charge in [-0.25, -0.2) is 0 Å². The number of hydrogen-bond acceptors (Lipinski definition) is 2. The Bertz CT molecular complexity index is 408. The van der Waals surface area contributed by atoms with Gasteiger partial charge in [0.1, 0.15) is 0 Å². The van der Waals surface area contributed by atoms with Crippen molar-refractivity contribution in [1.29, 1.82) is 0 Å². The molecule has 2 heterocycles. The molecule has 0 saturated carbocycles. The zero-order valence-electron chi connectivity index (χ0n) is 9.10. The van der Waals surface area contributed by atoms with Crippen LogP contribution in [0.1, 0.15) is 12.0 Å². The van der Waals surface area contributed by atoms with E-state index in [1.54, 1.807) is 12.4 Å². The molecule has 0 spiro atoms. The number of nitrogens with zero attached hydrogens (tertiary/aromatic N) is 2. The molecule has 0 bridgehead atoms. The quantitative estimate of drug-likeness (QED) is 0.706. The average molecular weight is 214 g/mol. The predicted molar refractivity (Wildman–Crippen MR) is 61.5 cm³/mol. The molecule has 0 N–H and O–H groups in total. The molecule has 1 atom stereocenters. The fraction of sp³-hybridized carbons (Fsp3) is 0.385. The summed E-state index contributed by atoms with van der Waals surface area (Å²) in [5.74, 6) is 2.93. The van der Waals surface area contributed by atoms with Crippen LogP contribution in [0.2, 0.25) is 0 Å². The normalized spacial score (nSPS) is 19.8. The largest absolute Gasteiger partial charge is 0.341 e. The first kappa shape index (κ1) is 10.7. The van der Waals surface area contributed by atoms with Crippen LogP contribution < -0.4 is 0 Å². The molecule has 1 fully saturated rings. The van der Waals surface area contributed by atoms with Crippen LogP contribution >= 0.6 is 0 Å². The SMILES string of the molecule is C#CC1CC(=O)N(CCc2ccncc2)C1. The molecule has 1 amide bonds. The van der Waals surface area contributed by atoms with Crippen molar-refractivity contribution in [2.75, 3.05) is 13.1 Å². The molecule has 1 unspecified atom stereocenters. The second kappa shape index (κ2) is 4.80. The standard InChI is InChI=1S/C13H14N2O/c1-2-11-9-13(16)15(10-11)8-5-12-3-6-14-7-4-12/h1,3-4,6-7,11H,5,8-10H2. The molecule has 3 heteroatoms. The molecule has 1 aromatic rings. The van der Waals surface area contributed by atoms with Gasteiger partial charge in [-0.15, -0.1) is 12.3 Å². The molecule has 82 valence electrons. The Labute approximate surface area is 95.5 Å². The van der Waals surface area contributed by atoms with Gasteiger partial charge in [-0.2, -0.15) is 0 Å². The number of carbonyl (C=O) groups is 1. The van der Waals surface area contributed by atoms with Crippen molar-refractivity contribution in [3.05, 3.63) is 30.1 Å². The molecular weight excluding hydrogens is 200 g/mol. The van der Waals surface area contributed by atoms with Crippen LogP contribution in [-0.4, -0.2) is 28.9 Å². The van der Waals surface area contributed by atoms with Crippen LogP contribution in [0.15, 0.2) is 24.5 Å². The van der Waals surface area contributed by atoms with E-state index in [1.165, 1.54) is 5.56 Å². The lowest BCUT2D eigenvalue weighted by Gasteiger charge is -2.15. The number of hydrogen-bond donors (Lipinski definition) is 0. The molecule has 0 aliphatic carbocycles. The van der Waals surface area contributed by atoms with Crippen LogP contribution in [0.4, 0.5) is 0 Å². The Morgan fingerprint density at radius 1 is 1.50 bits per heavy atom. The van der Waals surface area contributed by atoms with Gasteiger partial charge >= 0.3 is 0 Å². The van der Waals surface area contributed by atoms with Gasteiger partial charge < -0.3 is 4.90 Å². The number of amides is 1. The fourth-order valence-corrected chi connectivity index (χ4v) is 1.91. The van der Waals surface area contributed by atoms with E-state index in [4.69, 9.17) is 6.42 Å². The van der Waals surface area contributed by atoms with Crippen molar-refractivity contribution in [3.63, 3.8) is 0 Å². The molecule has 2 rings (SSSR count). The number of aromatic nitrogens is 1. The van der Waals surface area contributed by atoms with Gasteiger partial charge in [-0.3, -0.25) is 9.78 Å². The van der Waals surface area contributed by atoms with E-state index in [2.05, 4.69) is 10.9 Å². The number of carbonyl (C=O) groups excluding carboxylic acids is 1. The molecule has 1 aliphatic rings. The summed E-state index contributed by atoms with van der Waals surface area (Å²) in [6.07, 6.45) is 10.2. The van der Waals surface area contributed by atoms with Crippen LogP contribution in [-0.2, 0) is 11.2 Å². The first-order valence-corrected chi connectivity index (χ1v) is 5.42. The maximum absolute atomic E-state index is 11.6. The molecule has 0 aromatic carbocycles. The summed E-state index contributed by atoms with van der Waals surface area (Å²) in [6.45, 7) is 1.46. The van der Waals surface area contributed by atoms with Gasteiger partial charge in [0.2, 0.25) is 5.91 Å². The van der Waals surface area contributed by atoms with E-state index in [0.29, 0.717) is 13.0 Å². The van der Waals surface area contributed by atoms with Gasteiger partial charge in [0.05, 0.1) is 0 Å². The number of likely N-dealkylation sites (tertiary alicyclic amines) is 1. The van der Waals surface area contributed by atoms with E-state index >= 15 is 0 Å². The van der Waals surface area contributed by atoms with Gasteiger partial charge in [-0.05, 0) is 24.1 Å². The van der Waals surface area contributed by atoms with Crippen molar-refractivity contribution in [2.45, 2.75) is 12.8 Å². The Kier molecular flexibility index (Phi) is 3.21. The Hall–Kier alpha value is -1.82. The Morgan fingerprint density at radius 3 is 2.88 bits per heavy atom. The molecule has 1 aliphatic heterocycles. The van der Waals surface area contributed by atoms with Gasteiger partial charge in [0, 0.05) is 37.8 Å². The minimum atomic E-state index is 0.102. The monoisotopic (exact) mass is 214 g/mol. The summed E-state index contributed by atoms with van der Waals surface area (Å²) in [5, 5.41) is 0. The zero-order valence-corrected chi connectivity index (χ0v) is 9.10. The predicted octanol–water partition coefficient (Wildman–Crippen LogP) is 1.11. The van der Waals surface area contributed by atoms with Gasteiger partial charge in [0.15, 0.2) is 0 Å². The van der Waals surface area contributed by atoms with Crippen molar-refractivity contribution < 1.29 is 4.79 Å². The molecule has 1 saturated heterocycles. The maximum atomic E-state index is 11.6. The van der Waals surface area contributed by atoms with E-state index < -0.39 is 0 Å². The van der Waals surface area contributed by atoms with Crippen molar-refractivity contribution in [2.24, 2.45) is 5.92 Å². The number of pyridine rings is 1. The van der Waals surface area contributed by atoms with Crippen LogP contribution in [0.25, 0.3) is 0 Å². The lowest BCUT2D eigenvalue weighted by molar-refractivity contribution is -0.127. The first-order chi connectivity index (χ1) is 7.79. The molecule has 16 heavy (non-hydrogen) atoms. The summed E-state index contributed by atoms with van der Waals surface area (Å²) < 4.78 is 0. The highest BCUT2D eigenvalue weighted by molar-refractivity contribution is 5.79. The fourth-order valence-electron chi connectivity index (χ4n) is 1.91. The number of terminal acetylenes is 1. The van der Waals surface area contributed by atoms with Crippen molar-refractivity contribution in [3.8, 4) is 12.3 Å². The zero-order chi connectivity index (χ0) is 11.4. The van der Waals surface area contributed by atoms with E-state index in [0.717, 1.165) is 13.0 Å². The van der Waals surface area contributed by atoms with Crippen LogP contribution in [0.5, 0.6) is 0 Å². The molecule has 0 radical (unpaired) electrons. The third-order valence-corrected chi connectivity index (χ3v) is 2.87. The maximum Gasteiger partial charge on any atom is 0.223 e. The summed E-state index contributed by atoms with van der Waals surface area (Å²) in [5.41, 5.74) is 1.20. The summed E-state index contributed by atoms with van der Waals surface area (Å²) >= 11 is 0. The number of rotatable bonds is 3. The lowest BCUT2D eigenvalue weighted by Crippen LogP contribution is -2.27. The molecule has 3 nitrogen and oxygen atoms in total. The van der Waals surface area contributed by atoms with E-state index in [-0.39, 0.29) is 11.8 Å². The lowest BCUT2D eigenvalue weighted by atomic mass is 10.1. The third kappa shape index (κ3) is 2.40. The highest BCUT2D eigenvalue weighted by Gasteiger charge is 2.27. The van der Waals surface area contributed by atoms with Crippen molar-refractivity contribution in [1.82, 2.24) is 9.88 Å². The minimum Gasteiger partial charge on any atom is -0.341 e. The highest BCUT2D eigenvalue weighted by Crippen LogP contribution is 2.16. The minimum absolute atomic E-state index is 0.102. The second-order valence-electron chi connectivity index (χ2n) is 4.01. The Morgan fingerprint density at radius 2 is 2.25 bits per heavy atom. The van der Waals surface area contributed by atoms with Crippen LogP contribution in [0, 0.1) is 18.3 Å². The van der Waals surface area contributed by atoms with E-state index in [1.807, 2.05) is 17.0 Å². The Balaban J connectivity index is 1.88.